The fourth-order valence-electron chi connectivity index (χ4n) is 2.42. The Kier molecular flexibility index (Phi) is 2.15. The predicted molar refractivity (Wildman–Crippen MR) is 56.7 cm³/mol. The van der Waals surface area contributed by atoms with Crippen LogP contribution in [0.1, 0.15) is 32.3 Å². The Morgan fingerprint density at radius 3 is 2.54 bits per heavy atom. The normalized spacial score (nSPS) is 31.7. The first kappa shape index (κ1) is 8.80. The van der Waals surface area contributed by atoms with Gasteiger partial charge in [-0.1, -0.05) is 50.6 Å². The fraction of sp³-hybridized carbons (Fsp3) is 0.538. The highest BCUT2D eigenvalue weighted by Gasteiger charge is 2.47. The summed E-state index contributed by atoms with van der Waals surface area (Å²) in [7, 11) is 0. The first-order valence-corrected chi connectivity index (χ1v) is 5.28. The van der Waals surface area contributed by atoms with Gasteiger partial charge in [-0.2, -0.15) is 0 Å². The highest BCUT2D eigenvalue weighted by atomic mass is 14.5. The largest absolute Gasteiger partial charge is 0.0651 e. The molecular weight excluding hydrogens is 156 g/mol. The Morgan fingerprint density at radius 2 is 2.00 bits per heavy atom. The maximum atomic E-state index is 2.42. The number of benzene rings is 1. The Morgan fingerprint density at radius 1 is 1.31 bits per heavy atom. The van der Waals surface area contributed by atoms with Crippen molar-refractivity contribution in [3.63, 3.8) is 0 Å². The van der Waals surface area contributed by atoms with E-state index in [1.165, 1.54) is 24.8 Å². The summed E-state index contributed by atoms with van der Waals surface area (Å²) < 4.78 is 0. The lowest BCUT2D eigenvalue weighted by atomic mass is 9.95. The molecule has 0 heteroatoms. The average Bonchev–Trinajstić information content (AvgIpc) is 2.78. The molecule has 1 aliphatic carbocycles. The minimum atomic E-state index is 0.621. The van der Waals surface area contributed by atoms with Crippen LogP contribution in [0.5, 0.6) is 0 Å². The Balaban J connectivity index is 2.00. The molecule has 0 aromatic heterocycles. The molecule has 1 fully saturated rings. The number of hydrogen-bond donors (Lipinski definition) is 0. The van der Waals surface area contributed by atoms with Crippen molar-refractivity contribution in [2.45, 2.75) is 33.1 Å². The van der Waals surface area contributed by atoms with Crippen molar-refractivity contribution in [3.05, 3.63) is 35.9 Å². The molecule has 1 aliphatic rings. The monoisotopic (exact) mass is 174 g/mol. The summed E-state index contributed by atoms with van der Waals surface area (Å²) in [5, 5.41) is 0. The van der Waals surface area contributed by atoms with Crippen LogP contribution in [0.15, 0.2) is 30.3 Å². The molecule has 0 radical (unpaired) electrons. The van der Waals surface area contributed by atoms with Crippen LogP contribution in [0.25, 0.3) is 0 Å². The average molecular weight is 174 g/mol. The Hall–Kier alpha value is -0.780. The van der Waals surface area contributed by atoms with Gasteiger partial charge in [0.05, 0.1) is 0 Å². The van der Waals surface area contributed by atoms with E-state index in [4.69, 9.17) is 0 Å². The molecule has 0 bridgehead atoms. The highest BCUT2D eigenvalue weighted by Crippen LogP contribution is 2.55. The van der Waals surface area contributed by atoms with Gasteiger partial charge in [-0.3, -0.25) is 0 Å². The SMILES string of the molecule is CC[C@@H]1C[C@@]1(C)Cc1ccccc1. The van der Waals surface area contributed by atoms with E-state index in [9.17, 15) is 0 Å². The Bertz CT molecular complexity index is 275. The van der Waals surface area contributed by atoms with Gasteiger partial charge in [-0.25, -0.2) is 0 Å². The van der Waals surface area contributed by atoms with Crippen LogP contribution < -0.4 is 0 Å². The minimum Gasteiger partial charge on any atom is -0.0651 e. The summed E-state index contributed by atoms with van der Waals surface area (Å²) in [6.07, 6.45) is 4.05. The second-order valence-electron chi connectivity index (χ2n) is 4.63. The van der Waals surface area contributed by atoms with E-state index in [-0.39, 0.29) is 0 Å². The first-order chi connectivity index (χ1) is 6.24. The van der Waals surface area contributed by atoms with Crippen LogP contribution in [0, 0.1) is 11.3 Å². The number of rotatable bonds is 3. The lowest BCUT2D eigenvalue weighted by Gasteiger charge is -2.10. The second-order valence-corrected chi connectivity index (χ2v) is 4.63. The maximum Gasteiger partial charge on any atom is -0.0222 e. The van der Waals surface area contributed by atoms with Gasteiger partial charge < -0.3 is 0 Å². The highest BCUT2D eigenvalue weighted by molar-refractivity contribution is 5.19. The van der Waals surface area contributed by atoms with E-state index in [1.807, 2.05) is 0 Å². The van der Waals surface area contributed by atoms with E-state index in [0.717, 1.165) is 5.92 Å². The van der Waals surface area contributed by atoms with Crippen LogP contribution in [0.4, 0.5) is 0 Å². The van der Waals surface area contributed by atoms with Crippen molar-refractivity contribution >= 4 is 0 Å². The van der Waals surface area contributed by atoms with Gasteiger partial charge in [0.25, 0.3) is 0 Å². The van der Waals surface area contributed by atoms with Crippen LogP contribution >= 0.6 is 0 Å². The molecule has 0 N–H and O–H groups in total. The van der Waals surface area contributed by atoms with Gasteiger partial charge in [0.1, 0.15) is 0 Å². The standard InChI is InChI=1S/C13H18/c1-3-12-10-13(12,2)9-11-7-5-4-6-8-11/h4-8,12H,3,9-10H2,1-2H3/t12-,13-/m1/s1. The third-order valence-corrected chi connectivity index (χ3v) is 3.48. The van der Waals surface area contributed by atoms with E-state index in [2.05, 4.69) is 44.2 Å². The summed E-state index contributed by atoms with van der Waals surface area (Å²) in [6.45, 7) is 4.73. The lowest BCUT2D eigenvalue weighted by molar-refractivity contribution is 0.492. The molecule has 0 amide bonds. The zero-order valence-corrected chi connectivity index (χ0v) is 8.59. The maximum absolute atomic E-state index is 2.42. The lowest BCUT2D eigenvalue weighted by Crippen LogP contribution is -2.02. The van der Waals surface area contributed by atoms with E-state index in [0.29, 0.717) is 5.41 Å². The quantitative estimate of drug-likeness (QED) is 0.656. The van der Waals surface area contributed by atoms with Gasteiger partial charge in [0, 0.05) is 0 Å². The zero-order chi connectivity index (χ0) is 9.31. The molecule has 0 aliphatic heterocycles. The molecule has 1 aromatic rings. The first-order valence-electron chi connectivity index (χ1n) is 5.28. The van der Waals surface area contributed by atoms with Crippen molar-refractivity contribution in [3.8, 4) is 0 Å². The van der Waals surface area contributed by atoms with E-state index in [1.54, 1.807) is 0 Å². The minimum absolute atomic E-state index is 0.621. The summed E-state index contributed by atoms with van der Waals surface area (Å²) in [4.78, 5) is 0. The predicted octanol–water partition coefficient (Wildman–Crippen LogP) is 3.67. The van der Waals surface area contributed by atoms with Crippen LogP contribution in [-0.4, -0.2) is 0 Å². The van der Waals surface area contributed by atoms with Gasteiger partial charge in [-0.15, -0.1) is 0 Å². The van der Waals surface area contributed by atoms with Crippen molar-refractivity contribution in [1.29, 1.82) is 0 Å². The molecule has 0 spiro atoms. The molecule has 0 nitrogen and oxygen atoms in total. The van der Waals surface area contributed by atoms with Gasteiger partial charge >= 0.3 is 0 Å². The molecular formula is C13H18. The van der Waals surface area contributed by atoms with Crippen molar-refractivity contribution in [1.82, 2.24) is 0 Å². The fourth-order valence-corrected chi connectivity index (χ4v) is 2.42. The molecule has 2 rings (SSSR count). The van der Waals surface area contributed by atoms with Crippen LogP contribution in [0.3, 0.4) is 0 Å². The topological polar surface area (TPSA) is 0 Å². The summed E-state index contributed by atoms with van der Waals surface area (Å²) in [5.74, 6) is 0.979. The third-order valence-electron chi connectivity index (χ3n) is 3.48. The van der Waals surface area contributed by atoms with E-state index >= 15 is 0 Å². The summed E-state index contributed by atoms with van der Waals surface area (Å²) in [6, 6.07) is 10.9. The zero-order valence-electron chi connectivity index (χ0n) is 8.59. The molecule has 13 heavy (non-hydrogen) atoms. The van der Waals surface area contributed by atoms with Crippen molar-refractivity contribution in [2.75, 3.05) is 0 Å². The van der Waals surface area contributed by atoms with E-state index < -0.39 is 0 Å². The smallest absolute Gasteiger partial charge is 0.0222 e. The van der Waals surface area contributed by atoms with Gasteiger partial charge in [-0.05, 0) is 29.7 Å². The van der Waals surface area contributed by atoms with Crippen LogP contribution in [-0.2, 0) is 6.42 Å². The third kappa shape index (κ3) is 1.77. The van der Waals surface area contributed by atoms with Gasteiger partial charge in [0.2, 0.25) is 0 Å². The molecule has 0 saturated heterocycles. The van der Waals surface area contributed by atoms with Crippen molar-refractivity contribution < 1.29 is 0 Å². The second kappa shape index (κ2) is 3.17. The summed E-state index contributed by atoms with van der Waals surface area (Å²) >= 11 is 0. The summed E-state index contributed by atoms with van der Waals surface area (Å²) in [5.41, 5.74) is 2.12. The van der Waals surface area contributed by atoms with Gasteiger partial charge in [0.15, 0.2) is 0 Å². The molecule has 0 heterocycles. The molecule has 0 unspecified atom stereocenters. The Labute approximate surface area is 81.0 Å². The number of hydrogen-bond acceptors (Lipinski definition) is 0. The van der Waals surface area contributed by atoms with Crippen LogP contribution in [0.2, 0.25) is 0 Å². The molecule has 1 saturated carbocycles. The molecule has 1 aromatic carbocycles. The molecule has 2 atom stereocenters. The molecule has 70 valence electrons. The van der Waals surface area contributed by atoms with Crippen molar-refractivity contribution in [2.24, 2.45) is 11.3 Å².